The van der Waals surface area contributed by atoms with Gasteiger partial charge in [0.1, 0.15) is 12.4 Å². The molecule has 2 amide bonds. The number of imidazole rings is 1. The molecule has 7 nitrogen and oxygen atoms in total. The number of hydrogen-bond donors (Lipinski definition) is 1. The highest BCUT2D eigenvalue weighted by molar-refractivity contribution is 7.17. The maximum absolute atomic E-state index is 12.6. The number of rotatable bonds is 2. The van der Waals surface area contributed by atoms with Crippen molar-refractivity contribution in [1.82, 2.24) is 19.8 Å². The van der Waals surface area contributed by atoms with Gasteiger partial charge in [-0.05, 0) is 12.1 Å². The van der Waals surface area contributed by atoms with Gasteiger partial charge in [0.2, 0.25) is 0 Å². The van der Waals surface area contributed by atoms with Crippen LogP contribution in [0.3, 0.4) is 0 Å². The molecule has 114 valence electrons. The van der Waals surface area contributed by atoms with E-state index in [-0.39, 0.29) is 18.0 Å². The number of carbonyl (C=O) groups is 2. The number of nitrogens with one attached hydrogen (secondary N) is 1. The number of cyclic esters (lactones) is 1. The number of hydrogen-bond acceptors (Lipinski definition) is 5. The summed E-state index contributed by atoms with van der Waals surface area (Å²) in [5.74, 6) is 0.769. The monoisotopic (exact) mass is 318 g/mol. The van der Waals surface area contributed by atoms with Crippen LogP contribution in [0.25, 0.3) is 10.7 Å². The molecule has 1 atom stereocenters. The highest BCUT2D eigenvalue weighted by Gasteiger charge is 2.39. The van der Waals surface area contributed by atoms with Crippen LogP contribution in [0, 0.1) is 0 Å². The molecule has 1 unspecified atom stereocenters. The van der Waals surface area contributed by atoms with Crippen LogP contribution in [0.5, 0.6) is 0 Å². The molecular formula is C14H14N4O3S. The van der Waals surface area contributed by atoms with Gasteiger partial charge in [0.15, 0.2) is 0 Å². The summed E-state index contributed by atoms with van der Waals surface area (Å²) in [4.78, 5) is 36.4. The lowest BCUT2D eigenvalue weighted by Crippen LogP contribution is -2.53. The highest BCUT2D eigenvalue weighted by Crippen LogP contribution is 2.27. The van der Waals surface area contributed by atoms with E-state index in [0.717, 1.165) is 10.7 Å². The number of H-pyrrole nitrogens is 1. The van der Waals surface area contributed by atoms with Crippen LogP contribution in [0.1, 0.15) is 9.67 Å². The Hall–Kier alpha value is -2.35. The first-order valence-corrected chi connectivity index (χ1v) is 7.86. The zero-order chi connectivity index (χ0) is 15.1. The molecule has 0 aliphatic carbocycles. The minimum absolute atomic E-state index is 0.00167. The van der Waals surface area contributed by atoms with Crippen LogP contribution in [-0.4, -0.2) is 64.1 Å². The van der Waals surface area contributed by atoms with Gasteiger partial charge < -0.3 is 14.6 Å². The molecule has 8 heteroatoms. The largest absolute Gasteiger partial charge is 0.447 e. The molecule has 2 aromatic rings. The number of amides is 2. The molecule has 1 N–H and O–H groups in total. The Kier molecular flexibility index (Phi) is 3.11. The quantitative estimate of drug-likeness (QED) is 0.908. The Bertz CT molecular complexity index is 712. The number of piperazine rings is 1. The van der Waals surface area contributed by atoms with Crippen LogP contribution in [0.4, 0.5) is 4.79 Å². The van der Waals surface area contributed by atoms with Gasteiger partial charge in [0.05, 0.1) is 15.8 Å². The zero-order valence-corrected chi connectivity index (χ0v) is 12.5. The van der Waals surface area contributed by atoms with Crippen molar-refractivity contribution in [2.45, 2.75) is 6.04 Å². The average Bonchev–Trinajstić information content (AvgIpc) is 3.27. The number of carbonyl (C=O) groups excluding carboxylic acids is 2. The number of aromatic nitrogens is 2. The van der Waals surface area contributed by atoms with Crippen LogP contribution in [0.2, 0.25) is 0 Å². The fourth-order valence-electron chi connectivity index (χ4n) is 2.81. The first kappa shape index (κ1) is 13.3. The predicted molar refractivity (Wildman–Crippen MR) is 79.6 cm³/mol. The molecule has 2 aromatic heterocycles. The van der Waals surface area contributed by atoms with Gasteiger partial charge in [-0.1, -0.05) is 0 Å². The SMILES string of the molecule is O=C(c1ccc(-c2ncc[nH]2)s1)N1CCN2C(=O)OCC2C1. The molecule has 0 radical (unpaired) electrons. The van der Waals surface area contributed by atoms with E-state index in [4.69, 9.17) is 4.74 Å². The molecule has 4 heterocycles. The van der Waals surface area contributed by atoms with Gasteiger partial charge >= 0.3 is 6.09 Å². The Morgan fingerprint density at radius 1 is 1.41 bits per heavy atom. The van der Waals surface area contributed by atoms with Gasteiger partial charge in [-0.15, -0.1) is 11.3 Å². The molecule has 0 bridgehead atoms. The van der Waals surface area contributed by atoms with Crippen LogP contribution in [0.15, 0.2) is 24.5 Å². The molecule has 4 rings (SSSR count). The molecule has 2 saturated heterocycles. The summed E-state index contributed by atoms with van der Waals surface area (Å²) in [5, 5.41) is 0. The minimum Gasteiger partial charge on any atom is -0.447 e. The lowest BCUT2D eigenvalue weighted by Gasteiger charge is -2.35. The molecule has 0 aromatic carbocycles. The van der Waals surface area contributed by atoms with Crippen LogP contribution in [-0.2, 0) is 4.74 Å². The molecule has 0 saturated carbocycles. The maximum atomic E-state index is 12.6. The molecule has 22 heavy (non-hydrogen) atoms. The molecule has 2 aliphatic heterocycles. The fraction of sp³-hybridized carbons (Fsp3) is 0.357. The Morgan fingerprint density at radius 3 is 3.14 bits per heavy atom. The van der Waals surface area contributed by atoms with E-state index >= 15 is 0 Å². The lowest BCUT2D eigenvalue weighted by molar-refractivity contribution is 0.0621. The second-order valence-corrected chi connectivity index (χ2v) is 6.36. The summed E-state index contributed by atoms with van der Waals surface area (Å²) in [7, 11) is 0. The molecule has 2 fully saturated rings. The van der Waals surface area contributed by atoms with Crippen molar-refractivity contribution in [3.63, 3.8) is 0 Å². The average molecular weight is 318 g/mol. The minimum atomic E-state index is -0.270. The van der Waals surface area contributed by atoms with Crippen molar-refractivity contribution < 1.29 is 14.3 Å². The fourth-order valence-corrected chi connectivity index (χ4v) is 3.74. The number of aromatic amines is 1. The summed E-state index contributed by atoms with van der Waals surface area (Å²) in [6, 6.07) is 3.71. The predicted octanol–water partition coefficient (Wildman–Crippen LogP) is 1.41. The third kappa shape index (κ3) is 2.16. The third-order valence-corrected chi connectivity index (χ3v) is 5.03. The van der Waals surface area contributed by atoms with Gasteiger partial charge in [0.25, 0.3) is 5.91 Å². The maximum Gasteiger partial charge on any atom is 0.410 e. The van der Waals surface area contributed by atoms with Crippen molar-refractivity contribution >= 4 is 23.3 Å². The topological polar surface area (TPSA) is 78.5 Å². The number of thiophene rings is 1. The van der Waals surface area contributed by atoms with E-state index < -0.39 is 0 Å². The van der Waals surface area contributed by atoms with Gasteiger partial charge in [-0.25, -0.2) is 9.78 Å². The Labute approximate surface area is 130 Å². The van der Waals surface area contributed by atoms with Crippen molar-refractivity contribution in [2.24, 2.45) is 0 Å². The number of fused-ring (bicyclic) bond motifs is 1. The summed E-state index contributed by atoms with van der Waals surface area (Å²) in [6.07, 6.45) is 3.17. The second-order valence-electron chi connectivity index (χ2n) is 5.28. The second kappa shape index (κ2) is 5.13. The van der Waals surface area contributed by atoms with E-state index in [1.165, 1.54) is 11.3 Å². The van der Waals surface area contributed by atoms with Crippen molar-refractivity contribution in [2.75, 3.05) is 26.2 Å². The summed E-state index contributed by atoms with van der Waals surface area (Å²) in [6.45, 7) is 1.97. The van der Waals surface area contributed by atoms with E-state index in [9.17, 15) is 9.59 Å². The van der Waals surface area contributed by atoms with Crippen LogP contribution < -0.4 is 0 Å². The zero-order valence-electron chi connectivity index (χ0n) is 11.7. The van der Waals surface area contributed by atoms with Crippen molar-refractivity contribution in [1.29, 1.82) is 0 Å². The highest BCUT2D eigenvalue weighted by atomic mass is 32.1. The summed E-state index contributed by atoms with van der Waals surface area (Å²) in [5.41, 5.74) is 0. The smallest absolute Gasteiger partial charge is 0.410 e. The van der Waals surface area contributed by atoms with Gasteiger partial charge in [-0.2, -0.15) is 0 Å². The van der Waals surface area contributed by atoms with Crippen molar-refractivity contribution in [3.8, 4) is 10.7 Å². The van der Waals surface area contributed by atoms with E-state index in [1.807, 2.05) is 12.1 Å². The van der Waals surface area contributed by atoms with E-state index in [1.54, 1.807) is 22.2 Å². The van der Waals surface area contributed by atoms with E-state index in [0.29, 0.717) is 31.1 Å². The lowest BCUT2D eigenvalue weighted by atomic mass is 10.2. The normalized spacial score (nSPS) is 20.9. The number of nitrogens with zero attached hydrogens (tertiary/aromatic N) is 3. The van der Waals surface area contributed by atoms with Crippen LogP contribution >= 0.6 is 11.3 Å². The van der Waals surface area contributed by atoms with Crippen molar-refractivity contribution in [3.05, 3.63) is 29.4 Å². The first-order valence-electron chi connectivity index (χ1n) is 7.04. The molecule has 2 aliphatic rings. The molecular weight excluding hydrogens is 304 g/mol. The van der Waals surface area contributed by atoms with Gasteiger partial charge in [-0.3, -0.25) is 9.69 Å². The Balaban J connectivity index is 1.49. The van der Waals surface area contributed by atoms with E-state index in [2.05, 4.69) is 9.97 Å². The third-order valence-electron chi connectivity index (χ3n) is 3.95. The first-order chi connectivity index (χ1) is 10.7. The Morgan fingerprint density at radius 2 is 2.32 bits per heavy atom. The summed E-state index contributed by atoms with van der Waals surface area (Å²) < 4.78 is 5.03. The number of ether oxygens (including phenoxy) is 1. The molecule has 0 spiro atoms. The van der Waals surface area contributed by atoms with Gasteiger partial charge in [0, 0.05) is 32.0 Å². The summed E-state index contributed by atoms with van der Waals surface area (Å²) >= 11 is 1.42. The standard InChI is InChI=1S/C14H14N4O3S/c19-13(11-2-1-10(22-11)12-15-3-4-16-12)17-5-6-18-9(7-17)8-21-14(18)20/h1-4,9H,5-8H2,(H,15,16).